The monoisotopic (exact) mass is 349 g/mol. The van der Waals surface area contributed by atoms with Crippen molar-refractivity contribution in [2.24, 2.45) is 5.41 Å². The standard InChI is InChI=1S/C18H17F2NO2S/c1-18(2,3)15(22)10-16-21-17(23)14(24-16)6-4-5-11-7-8-12(19)9-13(11)20/h4-10H,1-3H3,(H,21,23). The molecule has 0 saturated carbocycles. The van der Waals surface area contributed by atoms with Crippen molar-refractivity contribution >= 4 is 35.3 Å². The molecular weight excluding hydrogens is 332 g/mol. The molecule has 2 aromatic rings. The number of allylic oxidation sites excluding steroid dienone is 1. The third kappa shape index (κ3) is 4.58. The average molecular weight is 349 g/mol. The molecule has 0 aliphatic heterocycles. The van der Waals surface area contributed by atoms with Gasteiger partial charge in [-0.25, -0.2) is 8.78 Å². The fourth-order valence-electron chi connectivity index (χ4n) is 1.75. The van der Waals surface area contributed by atoms with Crippen LogP contribution >= 0.6 is 11.3 Å². The Bertz CT molecular complexity index is 962. The minimum Gasteiger partial charge on any atom is -0.313 e. The first-order valence-corrected chi connectivity index (χ1v) is 8.07. The summed E-state index contributed by atoms with van der Waals surface area (Å²) in [4.78, 5) is 26.4. The number of carbonyl (C=O) groups excluding carboxylic acids is 1. The van der Waals surface area contributed by atoms with E-state index < -0.39 is 17.0 Å². The van der Waals surface area contributed by atoms with Gasteiger partial charge in [-0.1, -0.05) is 32.9 Å². The number of hydrogen-bond donors (Lipinski definition) is 1. The molecule has 0 unspecified atom stereocenters. The predicted molar refractivity (Wildman–Crippen MR) is 93.0 cm³/mol. The zero-order valence-electron chi connectivity index (χ0n) is 13.5. The highest BCUT2D eigenvalue weighted by molar-refractivity contribution is 7.07. The van der Waals surface area contributed by atoms with E-state index in [0.29, 0.717) is 9.20 Å². The van der Waals surface area contributed by atoms with Crippen molar-refractivity contribution in [3.8, 4) is 0 Å². The molecule has 2 rings (SSSR count). The number of carbonyl (C=O) groups is 1. The smallest absolute Gasteiger partial charge is 0.266 e. The van der Waals surface area contributed by atoms with E-state index in [1.807, 2.05) is 0 Å². The number of Topliss-reactive ketones (excluding diaryl/α,β-unsaturated/α-hetero) is 1. The van der Waals surface area contributed by atoms with Crippen LogP contribution in [0.15, 0.2) is 29.1 Å². The van der Waals surface area contributed by atoms with E-state index in [9.17, 15) is 18.4 Å². The third-order valence-corrected chi connectivity index (χ3v) is 4.15. The van der Waals surface area contributed by atoms with Crippen molar-refractivity contribution in [3.05, 3.63) is 61.0 Å². The van der Waals surface area contributed by atoms with Crippen LogP contribution in [0, 0.1) is 17.0 Å². The molecule has 0 saturated heterocycles. The normalized spacial score (nSPS) is 13.9. The lowest BCUT2D eigenvalue weighted by molar-refractivity contribution is -0.119. The number of H-pyrrole nitrogens is 1. The molecule has 0 bridgehead atoms. The van der Waals surface area contributed by atoms with Crippen molar-refractivity contribution in [3.63, 3.8) is 0 Å². The van der Waals surface area contributed by atoms with Gasteiger partial charge in [0.1, 0.15) is 11.6 Å². The van der Waals surface area contributed by atoms with Crippen LogP contribution in [0.25, 0.3) is 18.2 Å². The first-order valence-electron chi connectivity index (χ1n) is 7.25. The van der Waals surface area contributed by atoms with Crippen LogP contribution < -0.4 is 14.8 Å². The number of benzene rings is 1. The molecule has 24 heavy (non-hydrogen) atoms. The molecule has 0 aliphatic rings. The number of hydrogen-bond acceptors (Lipinski definition) is 3. The summed E-state index contributed by atoms with van der Waals surface area (Å²) < 4.78 is 27.2. The molecule has 1 heterocycles. The molecule has 3 nitrogen and oxygen atoms in total. The van der Waals surface area contributed by atoms with Crippen molar-refractivity contribution in [1.82, 2.24) is 4.98 Å². The summed E-state index contributed by atoms with van der Waals surface area (Å²) in [6, 6.07) is 3.27. The molecule has 0 radical (unpaired) electrons. The Balaban J connectivity index is 2.32. The van der Waals surface area contributed by atoms with E-state index in [1.54, 1.807) is 20.8 Å². The molecule has 1 aromatic heterocycles. The first kappa shape index (κ1) is 18.0. The van der Waals surface area contributed by atoms with E-state index in [4.69, 9.17) is 0 Å². The van der Waals surface area contributed by atoms with E-state index in [0.717, 1.165) is 23.5 Å². The Hall–Kier alpha value is -2.34. The summed E-state index contributed by atoms with van der Waals surface area (Å²) in [6.07, 6.45) is 5.88. The number of aromatic amines is 1. The van der Waals surface area contributed by atoms with Gasteiger partial charge >= 0.3 is 0 Å². The maximum atomic E-state index is 13.5. The molecule has 0 spiro atoms. The zero-order valence-corrected chi connectivity index (χ0v) is 14.3. The fraction of sp³-hybridized carbons (Fsp3) is 0.222. The van der Waals surface area contributed by atoms with Gasteiger partial charge in [0.2, 0.25) is 0 Å². The van der Waals surface area contributed by atoms with E-state index in [2.05, 4.69) is 4.98 Å². The summed E-state index contributed by atoms with van der Waals surface area (Å²) in [6.45, 7) is 5.39. The molecule has 1 N–H and O–H groups in total. The van der Waals surface area contributed by atoms with E-state index in [1.165, 1.54) is 30.4 Å². The third-order valence-electron chi connectivity index (χ3n) is 3.17. The summed E-state index contributed by atoms with van der Waals surface area (Å²) >= 11 is 1.14. The van der Waals surface area contributed by atoms with Crippen LogP contribution in [0.1, 0.15) is 26.3 Å². The first-order chi connectivity index (χ1) is 11.2. The summed E-state index contributed by atoms with van der Waals surface area (Å²) in [5.74, 6) is -1.41. The highest BCUT2D eigenvalue weighted by Gasteiger charge is 2.18. The van der Waals surface area contributed by atoms with Crippen LogP contribution in [0.2, 0.25) is 0 Å². The van der Waals surface area contributed by atoms with Gasteiger partial charge in [-0.15, -0.1) is 11.3 Å². The van der Waals surface area contributed by atoms with Gasteiger partial charge in [0.05, 0.1) is 9.20 Å². The largest absolute Gasteiger partial charge is 0.313 e. The quantitative estimate of drug-likeness (QED) is 0.926. The van der Waals surface area contributed by atoms with E-state index in [-0.39, 0.29) is 16.9 Å². The summed E-state index contributed by atoms with van der Waals surface area (Å²) in [5, 5.41) is 0. The van der Waals surface area contributed by atoms with Crippen molar-refractivity contribution in [2.45, 2.75) is 20.8 Å². The number of thiazole rings is 1. The molecule has 0 aliphatic carbocycles. The number of halogens is 2. The topological polar surface area (TPSA) is 49.9 Å². The molecule has 126 valence electrons. The lowest BCUT2D eigenvalue weighted by Gasteiger charge is -2.12. The SMILES string of the molecule is CC(C)(C)C(=O)C=c1[nH]c(=O)c(=CC=Cc2ccc(F)cc2F)s1. The number of aromatic nitrogens is 1. The summed E-state index contributed by atoms with van der Waals surface area (Å²) in [7, 11) is 0. The highest BCUT2D eigenvalue weighted by Crippen LogP contribution is 2.14. The Morgan fingerprint density at radius 1 is 1.25 bits per heavy atom. The Labute approximate surface area is 141 Å². The highest BCUT2D eigenvalue weighted by atomic mass is 32.1. The van der Waals surface area contributed by atoms with Gasteiger partial charge in [0, 0.05) is 23.1 Å². The second-order valence-corrected chi connectivity index (χ2v) is 7.32. The maximum Gasteiger partial charge on any atom is 0.266 e. The molecule has 0 fully saturated rings. The minimum atomic E-state index is -0.676. The lowest BCUT2D eigenvalue weighted by Crippen LogP contribution is -2.21. The second-order valence-electron chi connectivity index (χ2n) is 6.23. The predicted octanol–water partition coefficient (Wildman–Crippen LogP) is 2.60. The van der Waals surface area contributed by atoms with E-state index >= 15 is 0 Å². The van der Waals surface area contributed by atoms with Gasteiger partial charge in [0.25, 0.3) is 5.56 Å². The Kier molecular flexibility index (Phi) is 5.29. The average Bonchev–Trinajstić information content (AvgIpc) is 2.80. The van der Waals surface area contributed by atoms with Crippen LogP contribution in [0.5, 0.6) is 0 Å². The van der Waals surface area contributed by atoms with Crippen molar-refractivity contribution in [2.75, 3.05) is 0 Å². The molecule has 1 aromatic carbocycles. The van der Waals surface area contributed by atoms with Crippen LogP contribution in [0.4, 0.5) is 8.78 Å². The van der Waals surface area contributed by atoms with Crippen LogP contribution in [-0.2, 0) is 4.79 Å². The van der Waals surface area contributed by atoms with Gasteiger partial charge in [-0.2, -0.15) is 0 Å². The van der Waals surface area contributed by atoms with Crippen molar-refractivity contribution in [1.29, 1.82) is 0 Å². The zero-order chi connectivity index (χ0) is 17.9. The van der Waals surface area contributed by atoms with Crippen LogP contribution in [-0.4, -0.2) is 10.8 Å². The molecule has 0 amide bonds. The van der Waals surface area contributed by atoms with Gasteiger partial charge < -0.3 is 4.98 Å². The molecule has 0 atom stereocenters. The maximum absolute atomic E-state index is 13.5. The Morgan fingerprint density at radius 3 is 2.58 bits per heavy atom. The van der Waals surface area contributed by atoms with Crippen LogP contribution in [0.3, 0.4) is 0 Å². The minimum absolute atomic E-state index is 0.0875. The second kappa shape index (κ2) is 7.05. The number of ketones is 1. The van der Waals surface area contributed by atoms with Gasteiger partial charge in [0.15, 0.2) is 5.78 Å². The molecule has 6 heteroatoms. The van der Waals surface area contributed by atoms with Crippen molar-refractivity contribution < 1.29 is 13.6 Å². The van der Waals surface area contributed by atoms with Gasteiger partial charge in [-0.05, 0) is 18.2 Å². The fourth-order valence-corrected chi connectivity index (χ4v) is 2.59. The number of nitrogens with one attached hydrogen (secondary N) is 1. The summed E-state index contributed by atoms with van der Waals surface area (Å²) in [5.41, 5.74) is -0.627. The number of rotatable bonds is 3. The Morgan fingerprint density at radius 2 is 1.96 bits per heavy atom. The molecular formula is C18H17F2NO2S. The lowest BCUT2D eigenvalue weighted by atomic mass is 9.91. The van der Waals surface area contributed by atoms with Gasteiger partial charge in [-0.3, -0.25) is 9.59 Å².